The molecule has 0 aliphatic heterocycles. The quantitative estimate of drug-likeness (QED) is 0.432. The highest BCUT2D eigenvalue weighted by Gasteiger charge is 2.13. The van der Waals surface area contributed by atoms with Crippen molar-refractivity contribution >= 4 is 27.5 Å². The molecule has 0 radical (unpaired) electrons. The molecule has 96 valence electrons. The second kappa shape index (κ2) is 7.38. The molecule has 0 nitrogen and oxygen atoms in total. The Bertz CT molecular complexity index is 365. The number of hydrogen-bond acceptors (Lipinski definition) is 0. The van der Waals surface area contributed by atoms with Crippen molar-refractivity contribution in [1.29, 1.82) is 0 Å². The van der Waals surface area contributed by atoms with Crippen LogP contribution < -0.4 is 0 Å². The first-order chi connectivity index (χ1) is 8.06. The number of benzene rings is 1. The Hall–Kier alpha value is -0.0800. The van der Waals surface area contributed by atoms with Crippen LogP contribution in [0, 0.1) is 12.7 Å². The van der Waals surface area contributed by atoms with E-state index in [-0.39, 0.29) is 10.6 Å². The largest absolute Gasteiger partial charge is 0.207 e. The van der Waals surface area contributed by atoms with Gasteiger partial charge in [0.05, 0.1) is 0 Å². The first-order valence-corrected chi connectivity index (χ1v) is 7.45. The normalized spacial score (nSPS) is 12.8. The van der Waals surface area contributed by atoms with Gasteiger partial charge in [-0.2, -0.15) is 0 Å². The monoisotopic (exact) mass is 320 g/mol. The zero-order valence-electron chi connectivity index (χ0n) is 10.4. The Labute approximate surface area is 117 Å². The average molecular weight is 322 g/mol. The minimum Gasteiger partial charge on any atom is -0.207 e. The van der Waals surface area contributed by atoms with Crippen LogP contribution in [-0.4, -0.2) is 0 Å². The molecule has 1 unspecified atom stereocenters. The summed E-state index contributed by atoms with van der Waals surface area (Å²) in [5.41, 5.74) is 1.66. The lowest BCUT2D eigenvalue weighted by Crippen LogP contribution is -1.95. The Kier molecular flexibility index (Phi) is 6.50. The fourth-order valence-corrected chi connectivity index (χ4v) is 2.94. The van der Waals surface area contributed by atoms with E-state index >= 15 is 0 Å². The molecule has 3 heteroatoms. The van der Waals surface area contributed by atoms with E-state index in [4.69, 9.17) is 11.6 Å². The van der Waals surface area contributed by atoms with E-state index < -0.39 is 0 Å². The van der Waals surface area contributed by atoms with Gasteiger partial charge in [-0.15, -0.1) is 0 Å². The van der Waals surface area contributed by atoms with Crippen molar-refractivity contribution < 1.29 is 4.39 Å². The minimum absolute atomic E-state index is 0.228. The van der Waals surface area contributed by atoms with Crippen molar-refractivity contribution in [2.45, 2.75) is 50.8 Å². The topological polar surface area (TPSA) is 0 Å². The van der Waals surface area contributed by atoms with Crippen LogP contribution in [0.3, 0.4) is 0 Å². The van der Waals surface area contributed by atoms with Crippen molar-refractivity contribution in [1.82, 2.24) is 0 Å². The van der Waals surface area contributed by atoms with Crippen molar-refractivity contribution in [3.63, 3.8) is 0 Å². The van der Waals surface area contributed by atoms with Crippen molar-refractivity contribution in [2.75, 3.05) is 0 Å². The van der Waals surface area contributed by atoms with E-state index in [0.717, 1.165) is 12.0 Å². The summed E-state index contributed by atoms with van der Waals surface area (Å²) in [4.78, 5) is 0.228. The Morgan fingerprint density at radius 3 is 2.65 bits per heavy atom. The van der Waals surface area contributed by atoms with E-state index in [1.165, 1.54) is 31.7 Å². The molecule has 0 heterocycles. The van der Waals surface area contributed by atoms with Crippen LogP contribution in [0.4, 0.5) is 4.39 Å². The van der Waals surface area contributed by atoms with Gasteiger partial charge >= 0.3 is 0 Å². The van der Waals surface area contributed by atoms with Gasteiger partial charge in [0, 0.05) is 9.85 Å². The van der Waals surface area contributed by atoms with Gasteiger partial charge in [0.2, 0.25) is 0 Å². The molecule has 0 saturated carbocycles. The third-order valence-electron chi connectivity index (χ3n) is 2.93. The third kappa shape index (κ3) is 4.59. The smallest absolute Gasteiger partial charge is 0.127 e. The highest BCUT2D eigenvalue weighted by Crippen LogP contribution is 2.35. The SMILES string of the molecule is CCCCCCC(Br)c1cc(C)c(F)cc1Cl. The van der Waals surface area contributed by atoms with Crippen LogP contribution in [0.25, 0.3) is 0 Å². The molecule has 0 spiro atoms. The van der Waals surface area contributed by atoms with E-state index in [2.05, 4.69) is 22.9 Å². The maximum Gasteiger partial charge on any atom is 0.127 e. The summed E-state index contributed by atoms with van der Waals surface area (Å²) in [7, 11) is 0. The minimum atomic E-state index is -0.232. The van der Waals surface area contributed by atoms with Gasteiger partial charge in [-0.1, -0.05) is 66.2 Å². The number of hydrogen-bond donors (Lipinski definition) is 0. The molecule has 0 saturated heterocycles. The van der Waals surface area contributed by atoms with Gasteiger partial charge in [0.25, 0.3) is 0 Å². The van der Waals surface area contributed by atoms with Crippen LogP contribution in [0.2, 0.25) is 5.02 Å². The predicted octanol–water partition coefficient (Wildman–Crippen LogP) is 6.19. The average Bonchev–Trinajstić information content (AvgIpc) is 2.29. The Balaban J connectivity index is 2.62. The Morgan fingerprint density at radius 1 is 1.29 bits per heavy atom. The van der Waals surface area contributed by atoms with Crippen molar-refractivity contribution in [3.8, 4) is 0 Å². The summed E-state index contributed by atoms with van der Waals surface area (Å²) >= 11 is 9.71. The zero-order valence-corrected chi connectivity index (χ0v) is 12.7. The lowest BCUT2D eigenvalue weighted by molar-refractivity contribution is 0.613. The van der Waals surface area contributed by atoms with E-state index in [1.54, 1.807) is 6.92 Å². The third-order valence-corrected chi connectivity index (χ3v) is 4.20. The molecule has 1 rings (SSSR count). The molecular formula is C14H19BrClF. The molecule has 0 aliphatic carbocycles. The number of alkyl halides is 1. The molecule has 17 heavy (non-hydrogen) atoms. The zero-order chi connectivity index (χ0) is 12.8. The van der Waals surface area contributed by atoms with Gasteiger partial charge in [0.15, 0.2) is 0 Å². The van der Waals surface area contributed by atoms with Gasteiger partial charge in [0.1, 0.15) is 5.82 Å². The summed E-state index contributed by atoms with van der Waals surface area (Å²) in [6.07, 6.45) is 5.98. The number of halogens is 3. The van der Waals surface area contributed by atoms with Crippen LogP contribution in [0.5, 0.6) is 0 Å². The summed E-state index contributed by atoms with van der Waals surface area (Å²) in [5.74, 6) is -0.232. The van der Waals surface area contributed by atoms with Gasteiger partial charge in [-0.05, 0) is 30.5 Å². The number of aryl methyl sites for hydroxylation is 1. The molecular weight excluding hydrogens is 303 g/mol. The summed E-state index contributed by atoms with van der Waals surface area (Å²) < 4.78 is 13.3. The summed E-state index contributed by atoms with van der Waals surface area (Å²) in [5, 5.41) is 0.519. The Morgan fingerprint density at radius 2 is 2.00 bits per heavy atom. The van der Waals surface area contributed by atoms with Crippen LogP contribution in [0.15, 0.2) is 12.1 Å². The molecule has 0 aliphatic rings. The van der Waals surface area contributed by atoms with Crippen molar-refractivity contribution in [3.05, 3.63) is 34.1 Å². The number of rotatable bonds is 6. The maximum absolute atomic E-state index is 13.3. The van der Waals surface area contributed by atoms with Gasteiger partial charge < -0.3 is 0 Å². The second-order valence-corrected chi connectivity index (χ2v) is 5.95. The molecule has 0 aromatic heterocycles. The molecule has 1 aromatic rings. The molecule has 0 fully saturated rings. The van der Waals surface area contributed by atoms with Crippen LogP contribution in [0.1, 0.15) is 55.0 Å². The summed E-state index contributed by atoms with van der Waals surface area (Å²) in [6, 6.07) is 3.25. The molecule has 0 bridgehead atoms. The van der Waals surface area contributed by atoms with Crippen LogP contribution in [-0.2, 0) is 0 Å². The standard InChI is InChI=1S/C14H19BrClF/c1-3-4-5-6-7-12(15)11-8-10(2)14(17)9-13(11)16/h8-9,12H,3-7H2,1-2H3. The number of unbranched alkanes of at least 4 members (excludes halogenated alkanes) is 3. The predicted molar refractivity (Wildman–Crippen MR) is 76.6 cm³/mol. The first kappa shape index (κ1) is 15.0. The fraction of sp³-hybridized carbons (Fsp3) is 0.571. The lowest BCUT2D eigenvalue weighted by atomic mass is 10.0. The summed E-state index contributed by atoms with van der Waals surface area (Å²) in [6.45, 7) is 3.97. The highest BCUT2D eigenvalue weighted by molar-refractivity contribution is 9.09. The van der Waals surface area contributed by atoms with Crippen LogP contribution >= 0.6 is 27.5 Å². The first-order valence-electron chi connectivity index (χ1n) is 6.15. The van der Waals surface area contributed by atoms with Gasteiger partial charge in [-0.25, -0.2) is 4.39 Å². The van der Waals surface area contributed by atoms with Crippen molar-refractivity contribution in [2.24, 2.45) is 0 Å². The van der Waals surface area contributed by atoms with E-state index in [1.807, 2.05) is 6.07 Å². The fourth-order valence-electron chi connectivity index (χ4n) is 1.83. The maximum atomic E-state index is 13.3. The van der Waals surface area contributed by atoms with E-state index in [0.29, 0.717) is 10.6 Å². The second-order valence-electron chi connectivity index (χ2n) is 4.44. The lowest BCUT2D eigenvalue weighted by Gasteiger charge is -2.13. The molecule has 0 N–H and O–H groups in total. The molecule has 1 aromatic carbocycles. The van der Waals surface area contributed by atoms with Gasteiger partial charge in [-0.3, -0.25) is 0 Å². The molecule has 1 atom stereocenters. The van der Waals surface area contributed by atoms with E-state index in [9.17, 15) is 4.39 Å². The highest BCUT2D eigenvalue weighted by atomic mass is 79.9. The molecule has 0 amide bonds.